The maximum Gasteiger partial charge on any atom is 0.242 e. The van der Waals surface area contributed by atoms with Crippen LogP contribution in [0.25, 0.3) is 0 Å². The van der Waals surface area contributed by atoms with Gasteiger partial charge in [-0.15, -0.1) is 0 Å². The lowest BCUT2D eigenvalue weighted by Crippen LogP contribution is -2.38. The summed E-state index contributed by atoms with van der Waals surface area (Å²) >= 11 is 0. The van der Waals surface area contributed by atoms with Crippen molar-refractivity contribution in [1.29, 1.82) is 0 Å². The Kier molecular flexibility index (Phi) is 3.20. The lowest BCUT2D eigenvalue weighted by atomic mass is 10.2. The normalized spacial score (nSPS) is 26.5. The lowest BCUT2D eigenvalue weighted by Gasteiger charge is -2.11. The zero-order chi connectivity index (χ0) is 8.27. The van der Waals surface area contributed by atoms with Crippen LogP contribution in [-0.4, -0.2) is 23.4 Å². The van der Waals surface area contributed by atoms with E-state index in [1.54, 1.807) is 0 Å². The molecule has 1 aliphatic heterocycles. The molecule has 1 fully saturated rings. The van der Waals surface area contributed by atoms with Crippen molar-refractivity contribution in [3.63, 3.8) is 0 Å². The van der Waals surface area contributed by atoms with E-state index in [1.165, 1.54) is 0 Å². The highest BCUT2D eigenvalue weighted by molar-refractivity contribution is 7.47. The molecule has 1 aliphatic rings. The molecule has 0 bridgehead atoms. The fraction of sp³-hybridized carbons (Fsp3) is 0.800. The van der Waals surface area contributed by atoms with Gasteiger partial charge >= 0.3 is 0 Å². The van der Waals surface area contributed by atoms with Crippen LogP contribution in [-0.2, 0) is 4.79 Å². The van der Waals surface area contributed by atoms with Gasteiger partial charge < -0.3 is 10.2 Å². The Hall–Kier alpha value is -0.220. The van der Waals surface area contributed by atoms with E-state index in [0.717, 1.165) is 19.4 Å². The summed E-state index contributed by atoms with van der Waals surface area (Å²) in [6.45, 7) is 0.867. The van der Waals surface area contributed by atoms with E-state index in [2.05, 4.69) is 10.4 Å². The number of carbonyl (C=O) groups is 1. The quantitative estimate of drug-likeness (QED) is 0.409. The third kappa shape index (κ3) is 2.71. The molecule has 6 heteroatoms. The molecule has 5 nitrogen and oxygen atoms in total. The Morgan fingerprint density at radius 1 is 1.82 bits per heavy atom. The van der Waals surface area contributed by atoms with Crippen molar-refractivity contribution in [1.82, 2.24) is 10.4 Å². The zero-order valence-electron chi connectivity index (χ0n) is 6.08. The van der Waals surface area contributed by atoms with Gasteiger partial charge in [-0.05, 0) is 19.4 Å². The van der Waals surface area contributed by atoms with Crippen LogP contribution >= 0.6 is 8.45 Å². The molecule has 0 aromatic heterocycles. The number of rotatable bonds is 2. The Balaban J connectivity index is 2.28. The number of nitrogens with two attached hydrogens (primary N) is 1. The molecule has 2 atom stereocenters. The third-order valence-corrected chi connectivity index (χ3v) is 2.05. The second kappa shape index (κ2) is 3.97. The second-order valence-electron chi connectivity index (χ2n) is 2.47. The minimum absolute atomic E-state index is 0.157. The molecule has 1 saturated heterocycles. The molecule has 0 saturated carbocycles. The average Bonchev–Trinajstić information content (AvgIpc) is 2.35. The minimum atomic E-state index is -1.80. The molecule has 11 heavy (non-hydrogen) atoms. The highest BCUT2D eigenvalue weighted by Gasteiger charge is 2.22. The van der Waals surface area contributed by atoms with Gasteiger partial charge in [0.1, 0.15) is 0 Å². The van der Waals surface area contributed by atoms with E-state index >= 15 is 0 Å². The largest absolute Gasteiger partial charge is 0.343 e. The van der Waals surface area contributed by atoms with Gasteiger partial charge in [0.2, 0.25) is 14.4 Å². The van der Waals surface area contributed by atoms with Gasteiger partial charge in [0.15, 0.2) is 0 Å². The molecule has 0 aromatic rings. The van der Waals surface area contributed by atoms with Crippen LogP contribution in [0, 0.1) is 0 Å². The average molecular weight is 177 g/mol. The van der Waals surface area contributed by atoms with E-state index in [1.807, 2.05) is 0 Å². The SMILES string of the molecule is NP(O)NC(=O)[C@@H]1CCCN1. The van der Waals surface area contributed by atoms with Crippen LogP contribution in [0.1, 0.15) is 12.8 Å². The Morgan fingerprint density at radius 2 is 2.55 bits per heavy atom. The molecule has 0 aliphatic carbocycles. The van der Waals surface area contributed by atoms with E-state index in [4.69, 9.17) is 10.4 Å². The zero-order valence-corrected chi connectivity index (χ0v) is 6.97. The van der Waals surface area contributed by atoms with Gasteiger partial charge in [-0.3, -0.25) is 15.4 Å². The molecule has 0 spiro atoms. The van der Waals surface area contributed by atoms with Crippen LogP contribution in [0.15, 0.2) is 0 Å². The summed E-state index contributed by atoms with van der Waals surface area (Å²) in [6, 6.07) is -0.157. The molecule has 1 amide bonds. The fourth-order valence-electron chi connectivity index (χ4n) is 1.10. The standard InChI is InChI=1S/C5H12N3O2P/c6-11(10)8-5(9)4-2-1-3-7-4/h4,7,10H,1-3,6H2,(H,8,9)/t4-,11?/m0/s1. The van der Waals surface area contributed by atoms with Gasteiger partial charge in [-0.1, -0.05) is 0 Å². The maximum atomic E-state index is 11.1. The van der Waals surface area contributed by atoms with Crippen molar-refractivity contribution in [2.24, 2.45) is 5.50 Å². The Morgan fingerprint density at radius 3 is 3.00 bits per heavy atom. The van der Waals surface area contributed by atoms with E-state index in [-0.39, 0.29) is 11.9 Å². The summed E-state index contributed by atoms with van der Waals surface area (Å²) in [4.78, 5) is 19.7. The van der Waals surface area contributed by atoms with Crippen LogP contribution < -0.4 is 15.9 Å². The van der Waals surface area contributed by atoms with Crippen molar-refractivity contribution < 1.29 is 9.69 Å². The van der Waals surface area contributed by atoms with Gasteiger partial charge in [0, 0.05) is 0 Å². The topological polar surface area (TPSA) is 87.4 Å². The summed E-state index contributed by atoms with van der Waals surface area (Å²) in [5, 5.41) is 5.27. The molecule has 5 N–H and O–H groups in total. The molecular formula is C5H12N3O2P. The predicted molar refractivity (Wildman–Crippen MR) is 42.5 cm³/mol. The van der Waals surface area contributed by atoms with Crippen molar-refractivity contribution in [2.75, 3.05) is 6.54 Å². The van der Waals surface area contributed by atoms with Gasteiger partial charge in [-0.25, -0.2) is 0 Å². The Bertz CT molecular complexity index is 147. The third-order valence-electron chi connectivity index (χ3n) is 1.60. The summed E-state index contributed by atoms with van der Waals surface area (Å²) in [5.41, 5.74) is 5.02. The second-order valence-corrected chi connectivity index (χ2v) is 3.38. The number of hydrogen-bond donors (Lipinski definition) is 4. The van der Waals surface area contributed by atoms with Crippen LogP contribution in [0.4, 0.5) is 0 Å². The maximum absolute atomic E-state index is 11.1. The van der Waals surface area contributed by atoms with Crippen molar-refractivity contribution in [3.8, 4) is 0 Å². The smallest absolute Gasteiger partial charge is 0.242 e. The van der Waals surface area contributed by atoms with E-state index in [9.17, 15) is 4.79 Å². The first-order valence-corrected chi connectivity index (χ1v) is 4.84. The lowest BCUT2D eigenvalue weighted by molar-refractivity contribution is -0.121. The van der Waals surface area contributed by atoms with Crippen molar-refractivity contribution >= 4 is 14.4 Å². The number of hydrogen-bond acceptors (Lipinski definition) is 4. The molecule has 1 rings (SSSR count). The van der Waals surface area contributed by atoms with Crippen molar-refractivity contribution in [2.45, 2.75) is 18.9 Å². The molecule has 0 radical (unpaired) electrons. The van der Waals surface area contributed by atoms with Crippen molar-refractivity contribution in [3.05, 3.63) is 0 Å². The first kappa shape index (κ1) is 8.87. The summed E-state index contributed by atoms with van der Waals surface area (Å²) < 4.78 is 0. The Labute approximate surface area is 66.3 Å². The number of carbonyl (C=O) groups excluding carboxylic acids is 1. The molecule has 1 heterocycles. The highest BCUT2D eigenvalue weighted by Crippen LogP contribution is 2.13. The number of nitrogens with one attached hydrogen (secondary N) is 2. The highest BCUT2D eigenvalue weighted by atomic mass is 31.2. The van der Waals surface area contributed by atoms with Crippen LogP contribution in [0.2, 0.25) is 0 Å². The molecular weight excluding hydrogens is 165 g/mol. The van der Waals surface area contributed by atoms with Gasteiger partial charge in [0.25, 0.3) is 0 Å². The van der Waals surface area contributed by atoms with E-state index in [0.29, 0.717) is 0 Å². The first-order valence-electron chi connectivity index (χ1n) is 3.48. The van der Waals surface area contributed by atoms with Crippen LogP contribution in [0.3, 0.4) is 0 Å². The predicted octanol–water partition coefficient (Wildman–Crippen LogP) is -0.968. The van der Waals surface area contributed by atoms with Gasteiger partial charge in [-0.2, -0.15) is 0 Å². The summed E-state index contributed by atoms with van der Waals surface area (Å²) in [5.74, 6) is -0.196. The monoisotopic (exact) mass is 177 g/mol. The minimum Gasteiger partial charge on any atom is -0.343 e. The number of amides is 1. The van der Waals surface area contributed by atoms with Crippen LogP contribution in [0.5, 0.6) is 0 Å². The molecule has 64 valence electrons. The fourth-order valence-corrected chi connectivity index (χ4v) is 1.48. The molecule has 0 aromatic carbocycles. The van der Waals surface area contributed by atoms with E-state index < -0.39 is 8.45 Å². The molecule has 1 unspecified atom stereocenters. The summed E-state index contributed by atoms with van der Waals surface area (Å²) in [7, 11) is -1.80. The summed E-state index contributed by atoms with van der Waals surface area (Å²) in [6.07, 6.45) is 1.83. The van der Waals surface area contributed by atoms with Gasteiger partial charge in [0.05, 0.1) is 6.04 Å². The first-order chi connectivity index (χ1) is 5.20.